The van der Waals surface area contributed by atoms with Gasteiger partial charge in [0.2, 0.25) is 5.91 Å². The standard InChI is InChI=1S/C15H21ClN2OS.ClH/c16-13-6-4-12(5-7-13)10-20-11-15(19)18-8-2-1-3-14(18)9-17;/h4-7,14H,1-3,8-11,17H2;1H. The van der Waals surface area contributed by atoms with Crippen molar-refractivity contribution in [3.05, 3.63) is 34.9 Å². The molecule has 0 bridgehead atoms. The van der Waals surface area contributed by atoms with Gasteiger partial charge in [-0.2, -0.15) is 0 Å². The molecule has 118 valence electrons. The highest BCUT2D eigenvalue weighted by molar-refractivity contribution is 7.99. The first-order valence-electron chi connectivity index (χ1n) is 7.02. The van der Waals surface area contributed by atoms with Crippen LogP contribution in [0.3, 0.4) is 0 Å². The van der Waals surface area contributed by atoms with Crippen molar-refractivity contribution >= 4 is 41.7 Å². The molecule has 3 nitrogen and oxygen atoms in total. The quantitative estimate of drug-likeness (QED) is 0.887. The Hall–Kier alpha value is -0.420. The zero-order valence-electron chi connectivity index (χ0n) is 12.0. The Morgan fingerprint density at radius 2 is 2.05 bits per heavy atom. The lowest BCUT2D eigenvalue weighted by Crippen LogP contribution is -2.48. The lowest BCUT2D eigenvalue weighted by atomic mass is 10.0. The van der Waals surface area contributed by atoms with Gasteiger partial charge in [0, 0.05) is 29.9 Å². The molecule has 1 aromatic carbocycles. The Bertz CT molecular complexity index is 442. The lowest BCUT2D eigenvalue weighted by molar-refractivity contribution is -0.131. The van der Waals surface area contributed by atoms with Crippen molar-refractivity contribution in [1.82, 2.24) is 4.90 Å². The molecule has 2 rings (SSSR count). The smallest absolute Gasteiger partial charge is 0.232 e. The molecule has 1 heterocycles. The van der Waals surface area contributed by atoms with E-state index in [9.17, 15) is 4.79 Å². The number of rotatable bonds is 5. The zero-order valence-corrected chi connectivity index (χ0v) is 14.4. The van der Waals surface area contributed by atoms with Crippen molar-refractivity contribution in [2.24, 2.45) is 5.73 Å². The van der Waals surface area contributed by atoms with Crippen LogP contribution in [0.5, 0.6) is 0 Å². The number of benzene rings is 1. The minimum atomic E-state index is 0. The Morgan fingerprint density at radius 1 is 1.33 bits per heavy atom. The number of hydrogen-bond acceptors (Lipinski definition) is 3. The summed E-state index contributed by atoms with van der Waals surface area (Å²) in [5.41, 5.74) is 6.95. The average Bonchev–Trinajstić information content (AvgIpc) is 2.49. The van der Waals surface area contributed by atoms with E-state index in [-0.39, 0.29) is 24.4 Å². The third-order valence-corrected chi connectivity index (χ3v) is 4.87. The van der Waals surface area contributed by atoms with E-state index in [0.717, 1.165) is 30.2 Å². The second kappa shape index (κ2) is 9.57. The molecule has 0 spiro atoms. The molecule has 1 fully saturated rings. The summed E-state index contributed by atoms with van der Waals surface area (Å²) in [5, 5.41) is 0.744. The lowest BCUT2D eigenvalue weighted by Gasteiger charge is -2.35. The minimum absolute atomic E-state index is 0. The molecular weight excluding hydrogens is 327 g/mol. The molecular formula is C15H22Cl2N2OS. The monoisotopic (exact) mass is 348 g/mol. The maximum Gasteiger partial charge on any atom is 0.232 e. The summed E-state index contributed by atoms with van der Waals surface area (Å²) in [6.45, 7) is 1.44. The Kier molecular flexibility index (Phi) is 8.49. The van der Waals surface area contributed by atoms with Gasteiger partial charge in [0.1, 0.15) is 0 Å². The second-order valence-corrected chi connectivity index (χ2v) is 6.51. The van der Waals surface area contributed by atoms with Gasteiger partial charge in [-0.25, -0.2) is 0 Å². The fourth-order valence-corrected chi connectivity index (χ4v) is 3.49. The first kappa shape index (κ1) is 18.6. The van der Waals surface area contributed by atoms with E-state index in [0.29, 0.717) is 12.3 Å². The van der Waals surface area contributed by atoms with Crippen LogP contribution in [0, 0.1) is 0 Å². The number of hydrogen-bond donors (Lipinski definition) is 1. The van der Waals surface area contributed by atoms with E-state index < -0.39 is 0 Å². The number of carbonyl (C=O) groups excluding carboxylic acids is 1. The minimum Gasteiger partial charge on any atom is -0.338 e. The van der Waals surface area contributed by atoms with Crippen LogP contribution in [-0.4, -0.2) is 35.7 Å². The number of nitrogens with two attached hydrogens (primary N) is 1. The summed E-state index contributed by atoms with van der Waals surface area (Å²) in [7, 11) is 0. The summed E-state index contributed by atoms with van der Waals surface area (Å²) >= 11 is 7.50. The molecule has 0 aromatic heterocycles. The summed E-state index contributed by atoms with van der Waals surface area (Å²) in [6.07, 6.45) is 3.33. The predicted molar refractivity (Wildman–Crippen MR) is 93.3 cm³/mol. The molecule has 1 aliphatic heterocycles. The third-order valence-electron chi connectivity index (χ3n) is 3.63. The third kappa shape index (κ3) is 5.70. The average molecular weight is 349 g/mol. The molecule has 1 aromatic rings. The van der Waals surface area contributed by atoms with Crippen LogP contribution in [0.25, 0.3) is 0 Å². The van der Waals surface area contributed by atoms with Crippen LogP contribution in [-0.2, 0) is 10.5 Å². The fraction of sp³-hybridized carbons (Fsp3) is 0.533. The van der Waals surface area contributed by atoms with Gasteiger partial charge in [-0.1, -0.05) is 23.7 Å². The second-order valence-electron chi connectivity index (χ2n) is 5.09. The molecule has 0 aliphatic carbocycles. The molecule has 1 saturated heterocycles. The predicted octanol–water partition coefficient (Wildman–Crippen LogP) is 3.33. The van der Waals surface area contributed by atoms with Gasteiger partial charge < -0.3 is 10.6 Å². The van der Waals surface area contributed by atoms with Crippen LogP contribution < -0.4 is 5.73 Å². The van der Waals surface area contributed by atoms with Crippen molar-refractivity contribution < 1.29 is 4.79 Å². The van der Waals surface area contributed by atoms with Crippen LogP contribution >= 0.6 is 35.8 Å². The van der Waals surface area contributed by atoms with Gasteiger partial charge in [-0.3, -0.25) is 4.79 Å². The highest BCUT2D eigenvalue weighted by Gasteiger charge is 2.24. The van der Waals surface area contributed by atoms with E-state index in [2.05, 4.69) is 0 Å². The van der Waals surface area contributed by atoms with Gasteiger partial charge in [0.05, 0.1) is 5.75 Å². The van der Waals surface area contributed by atoms with Gasteiger partial charge >= 0.3 is 0 Å². The first-order chi connectivity index (χ1) is 9.70. The van der Waals surface area contributed by atoms with Gasteiger partial charge in [-0.05, 0) is 37.0 Å². The highest BCUT2D eigenvalue weighted by atomic mass is 35.5. The summed E-state index contributed by atoms with van der Waals surface area (Å²) in [4.78, 5) is 14.2. The number of halogens is 2. The molecule has 2 N–H and O–H groups in total. The zero-order chi connectivity index (χ0) is 14.4. The van der Waals surface area contributed by atoms with Crippen molar-refractivity contribution in [1.29, 1.82) is 0 Å². The van der Waals surface area contributed by atoms with E-state index in [1.807, 2.05) is 29.2 Å². The molecule has 0 radical (unpaired) electrons. The van der Waals surface area contributed by atoms with Crippen molar-refractivity contribution in [3.63, 3.8) is 0 Å². The maximum absolute atomic E-state index is 12.2. The maximum atomic E-state index is 12.2. The first-order valence-corrected chi connectivity index (χ1v) is 8.55. The van der Waals surface area contributed by atoms with Crippen molar-refractivity contribution in [3.8, 4) is 0 Å². The summed E-state index contributed by atoms with van der Waals surface area (Å²) < 4.78 is 0. The summed E-state index contributed by atoms with van der Waals surface area (Å²) in [5.74, 6) is 1.59. The number of carbonyl (C=O) groups is 1. The topological polar surface area (TPSA) is 46.3 Å². The number of amides is 1. The molecule has 21 heavy (non-hydrogen) atoms. The van der Waals surface area contributed by atoms with E-state index in [1.54, 1.807) is 11.8 Å². The van der Waals surface area contributed by atoms with E-state index >= 15 is 0 Å². The molecule has 0 saturated carbocycles. The Morgan fingerprint density at radius 3 is 2.71 bits per heavy atom. The van der Waals surface area contributed by atoms with Crippen LogP contribution in [0.1, 0.15) is 24.8 Å². The van der Waals surface area contributed by atoms with E-state index in [4.69, 9.17) is 17.3 Å². The van der Waals surface area contributed by atoms with Gasteiger partial charge in [0.15, 0.2) is 0 Å². The highest BCUT2D eigenvalue weighted by Crippen LogP contribution is 2.19. The molecule has 6 heteroatoms. The van der Waals surface area contributed by atoms with Gasteiger partial charge in [0.25, 0.3) is 0 Å². The Labute approximate surface area is 142 Å². The number of nitrogens with zero attached hydrogens (tertiary/aromatic N) is 1. The van der Waals surface area contributed by atoms with Crippen LogP contribution in [0.15, 0.2) is 24.3 Å². The van der Waals surface area contributed by atoms with Gasteiger partial charge in [-0.15, -0.1) is 24.2 Å². The number of thioether (sulfide) groups is 1. The van der Waals surface area contributed by atoms with Crippen molar-refractivity contribution in [2.45, 2.75) is 31.1 Å². The number of likely N-dealkylation sites (tertiary alicyclic amines) is 1. The van der Waals surface area contributed by atoms with E-state index in [1.165, 1.54) is 12.0 Å². The van der Waals surface area contributed by atoms with Crippen LogP contribution in [0.4, 0.5) is 0 Å². The normalized spacial score (nSPS) is 18.2. The fourth-order valence-electron chi connectivity index (χ4n) is 2.49. The SMILES string of the molecule is Cl.NCC1CCCCN1C(=O)CSCc1ccc(Cl)cc1. The van der Waals surface area contributed by atoms with Crippen molar-refractivity contribution in [2.75, 3.05) is 18.8 Å². The summed E-state index contributed by atoms with van der Waals surface area (Å²) in [6, 6.07) is 8.02. The van der Waals surface area contributed by atoms with Crippen LogP contribution in [0.2, 0.25) is 5.02 Å². The number of piperidine rings is 1. The molecule has 1 unspecified atom stereocenters. The molecule has 1 atom stereocenters. The Balaban J connectivity index is 0.00000220. The molecule has 1 amide bonds. The molecule has 1 aliphatic rings. The largest absolute Gasteiger partial charge is 0.338 e.